The first kappa shape index (κ1) is 15.3. The van der Waals surface area contributed by atoms with Crippen molar-refractivity contribution in [1.82, 2.24) is 0 Å². The minimum absolute atomic E-state index is 0.369. The number of methoxy groups -OCH3 is 1. The van der Waals surface area contributed by atoms with Gasteiger partial charge in [0.1, 0.15) is 10.7 Å². The Labute approximate surface area is 131 Å². The Morgan fingerprint density at radius 1 is 1.19 bits per heavy atom. The Morgan fingerprint density at radius 2 is 1.95 bits per heavy atom. The Bertz CT molecular complexity index is 640. The molecule has 3 N–H and O–H groups in total. The van der Waals surface area contributed by atoms with Crippen molar-refractivity contribution in [2.75, 3.05) is 12.4 Å². The van der Waals surface area contributed by atoms with Crippen LogP contribution in [0.3, 0.4) is 0 Å². The van der Waals surface area contributed by atoms with Gasteiger partial charge in [-0.05, 0) is 30.2 Å². The number of rotatable bonds is 6. The lowest BCUT2D eigenvalue weighted by Gasteiger charge is -2.15. The van der Waals surface area contributed by atoms with Gasteiger partial charge >= 0.3 is 0 Å². The van der Waals surface area contributed by atoms with Gasteiger partial charge < -0.3 is 15.8 Å². The molecule has 2 rings (SSSR count). The van der Waals surface area contributed by atoms with Crippen LogP contribution in [0.25, 0.3) is 0 Å². The summed E-state index contributed by atoms with van der Waals surface area (Å²) in [6.07, 6.45) is 2.12. The third kappa shape index (κ3) is 3.73. The van der Waals surface area contributed by atoms with Gasteiger partial charge in [-0.15, -0.1) is 0 Å². The molecular weight excluding hydrogens is 280 g/mol. The maximum absolute atomic E-state index is 5.81. The van der Waals surface area contributed by atoms with E-state index in [1.807, 2.05) is 24.3 Å². The molecule has 3 nitrogen and oxygen atoms in total. The summed E-state index contributed by atoms with van der Waals surface area (Å²) in [6, 6.07) is 13.9. The molecule has 2 aromatic carbocycles. The summed E-state index contributed by atoms with van der Waals surface area (Å²) in [5, 5.41) is 3.43. The van der Waals surface area contributed by atoms with Crippen LogP contribution >= 0.6 is 12.2 Å². The van der Waals surface area contributed by atoms with Crippen molar-refractivity contribution in [2.24, 2.45) is 5.73 Å². The van der Waals surface area contributed by atoms with Gasteiger partial charge in [-0.2, -0.15) is 0 Å². The Hall–Kier alpha value is -2.07. The lowest BCUT2D eigenvalue weighted by molar-refractivity contribution is 0.415. The van der Waals surface area contributed by atoms with Crippen LogP contribution in [0.15, 0.2) is 42.5 Å². The number of nitrogens with one attached hydrogen (secondary N) is 1. The number of para-hydroxylation sites is 1. The predicted molar refractivity (Wildman–Crippen MR) is 92.6 cm³/mol. The van der Waals surface area contributed by atoms with Gasteiger partial charge in [0, 0.05) is 17.3 Å². The molecule has 21 heavy (non-hydrogen) atoms. The zero-order chi connectivity index (χ0) is 15.2. The zero-order valence-corrected chi connectivity index (χ0v) is 13.2. The van der Waals surface area contributed by atoms with Crippen molar-refractivity contribution >= 4 is 28.6 Å². The fourth-order valence-corrected chi connectivity index (χ4v) is 2.42. The molecule has 0 saturated heterocycles. The normalized spacial score (nSPS) is 10.2. The van der Waals surface area contributed by atoms with Crippen molar-refractivity contribution in [1.29, 1.82) is 0 Å². The summed E-state index contributed by atoms with van der Waals surface area (Å²) < 4.78 is 5.28. The molecule has 0 aliphatic carbocycles. The molecule has 110 valence electrons. The van der Waals surface area contributed by atoms with E-state index in [4.69, 9.17) is 22.7 Å². The first-order valence-electron chi connectivity index (χ1n) is 6.98. The van der Waals surface area contributed by atoms with E-state index >= 15 is 0 Å². The highest BCUT2D eigenvalue weighted by Crippen LogP contribution is 2.28. The number of hydrogen-bond donors (Lipinski definition) is 2. The van der Waals surface area contributed by atoms with Crippen LogP contribution in [-0.2, 0) is 6.42 Å². The van der Waals surface area contributed by atoms with E-state index in [2.05, 4.69) is 30.4 Å². The van der Waals surface area contributed by atoms with E-state index in [0.717, 1.165) is 35.5 Å². The average molecular weight is 300 g/mol. The Kier molecular flexibility index (Phi) is 5.17. The van der Waals surface area contributed by atoms with E-state index in [1.165, 1.54) is 5.56 Å². The molecule has 0 radical (unpaired) electrons. The number of anilines is 2. The summed E-state index contributed by atoms with van der Waals surface area (Å²) in [4.78, 5) is 0.369. The van der Waals surface area contributed by atoms with Crippen LogP contribution in [0.1, 0.15) is 24.5 Å². The molecule has 0 aliphatic rings. The molecule has 0 aromatic heterocycles. The number of ether oxygens (including phenoxy) is 1. The zero-order valence-electron chi connectivity index (χ0n) is 12.3. The molecule has 0 aliphatic heterocycles. The Morgan fingerprint density at radius 3 is 2.62 bits per heavy atom. The molecule has 0 bridgehead atoms. The van der Waals surface area contributed by atoms with Gasteiger partial charge in [0.15, 0.2) is 0 Å². The van der Waals surface area contributed by atoms with Gasteiger partial charge in [0.05, 0.1) is 12.8 Å². The lowest BCUT2D eigenvalue weighted by atomic mass is 10.1. The average Bonchev–Trinajstić information content (AvgIpc) is 2.49. The third-order valence-corrected chi connectivity index (χ3v) is 3.52. The predicted octanol–water partition coefficient (Wildman–Crippen LogP) is 4.03. The van der Waals surface area contributed by atoms with E-state index in [0.29, 0.717) is 4.99 Å². The van der Waals surface area contributed by atoms with E-state index < -0.39 is 0 Å². The number of aryl methyl sites for hydroxylation is 1. The largest absolute Gasteiger partial charge is 0.497 e. The molecular formula is C17H20N2OS. The number of nitrogens with two attached hydrogens (primary N) is 1. The molecule has 0 amide bonds. The quantitative estimate of drug-likeness (QED) is 0.791. The van der Waals surface area contributed by atoms with Crippen molar-refractivity contribution in [3.05, 3.63) is 53.6 Å². The number of hydrogen-bond acceptors (Lipinski definition) is 3. The molecule has 0 fully saturated rings. The van der Waals surface area contributed by atoms with Gasteiger partial charge in [-0.1, -0.05) is 43.8 Å². The van der Waals surface area contributed by atoms with Crippen LogP contribution < -0.4 is 15.8 Å². The first-order chi connectivity index (χ1) is 10.2. The van der Waals surface area contributed by atoms with Crippen LogP contribution in [0.5, 0.6) is 5.75 Å². The SMILES string of the molecule is CCCc1ccccc1Nc1cc(OC)ccc1C(N)=S. The summed E-state index contributed by atoms with van der Waals surface area (Å²) in [7, 11) is 1.64. The second kappa shape index (κ2) is 7.09. The molecule has 4 heteroatoms. The van der Waals surface area contributed by atoms with Gasteiger partial charge in [0.25, 0.3) is 0 Å². The summed E-state index contributed by atoms with van der Waals surface area (Å²) >= 11 is 5.13. The molecule has 0 saturated carbocycles. The standard InChI is InChI=1S/C17H20N2OS/c1-3-6-12-7-4-5-8-15(12)19-16-11-13(20-2)9-10-14(16)17(18)21/h4-5,7-11,19H,3,6H2,1-2H3,(H2,18,21). The minimum atomic E-state index is 0.369. The van der Waals surface area contributed by atoms with Crippen molar-refractivity contribution in [3.8, 4) is 5.75 Å². The van der Waals surface area contributed by atoms with Gasteiger partial charge in [-0.25, -0.2) is 0 Å². The fraction of sp³-hybridized carbons (Fsp3) is 0.235. The van der Waals surface area contributed by atoms with Crippen molar-refractivity contribution in [2.45, 2.75) is 19.8 Å². The fourth-order valence-electron chi connectivity index (χ4n) is 2.24. The highest BCUT2D eigenvalue weighted by molar-refractivity contribution is 7.80. The number of benzene rings is 2. The monoisotopic (exact) mass is 300 g/mol. The molecule has 0 spiro atoms. The smallest absolute Gasteiger partial charge is 0.120 e. The van der Waals surface area contributed by atoms with E-state index in [-0.39, 0.29) is 0 Å². The van der Waals surface area contributed by atoms with Crippen LogP contribution in [0.2, 0.25) is 0 Å². The summed E-state index contributed by atoms with van der Waals surface area (Å²) in [5.74, 6) is 0.769. The van der Waals surface area contributed by atoms with Crippen LogP contribution in [-0.4, -0.2) is 12.1 Å². The van der Waals surface area contributed by atoms with E-state index in [1.54, 1.807) is 7.11 Å². The highest BCUT2D eigenvalue weighted by Gasteiger charge is 2.09. The second-order valence-corrected chi connectivity index (χ2v) is 5.25. The van der Waals surface area contributed by atoms with Crippen molar-refractivity contribution < 1.29 is 4.74 Å². The second-order valence-electron chi connectivity index (χ2n) is 4.81. The molecule has 0 unspecified atom stereocenters. The Balaban J connectivity index is 2.40. The molecule has 0 heterocycles. The van der Waals surface area contributed by atoms with E-state index in [9.17, 15) is 0 Å². The maximum Gasteiger partial charge on any atom is 0.120 e. The summed E-state index contributed by atoms with van der Waals surface area (Å²) in [6.45, 7) is 2.17. The topological polar surface area (TPSA) is 47.3 Å². The van der Waals surface area contributed by atoms with Gasteiger partial charge in [0.2, 0.25) is 0 Å². The van der Waals surface area contributed by atoms with Crippen LogP contribution in [0.4, 0.5) is 11.4 Å². The third-order valence-electron chi connectivity index (χ3n) is 3.30. The number of thiocarbonyl (C=S) groups is 1. The molecule has 2 aromatic rings. The highest BCUT2D eigenvalue weighted by atomic mass is 32.1. The first-order valence-corrected chi connectivity index (χ1v) is 7.39. The van der Waals surface area contributed by atoms with Crippen LogP contribution in [0, 0.1) is 0 Å². The maximum atomic E-state index is 5.81. The minimum Gasteiger partial charge on any atom is -0.497 e. The summed E-state index contributed by atoms with van der Waals surface area (Å²) in [5.41, 5.74) is 9.84. The van der Waals surface area contributed by atoms with Gasteiger partial charge in [-0.3, -0.25) is 0 Å². The van der Waals surface area contributed by atoms with Crippen molar-refractivity contribution in [3.63, 3.8) is 0 Å². The lowest BCUT2D eigenvalue weighted by Crippen LogP contribution is -2.12. The molecule has 0 atom stereocenters.